The van der Waals surface area contributed by atoms with Crippen molar-refractivity contribution in [3.63, 3.8) is 0 Å². The van der Waals surface area contributed by atoms with Crippen LogP contribution in [0, 0.1) is 25.7 Å². The van der Waals surface area contributed by atoms with E-state index in [9.17, 15) is 0 Å². The van der Waals surface area contributed by atoms with Crippen LogP contribution in [-0.2, 0) is 0 Å². The van der Waals surface area contributed by atoms with Crippen molar-refractivity contribution in [2.75, 3.05) is 6.54 Å². The summed E-state index contributed by atoms with van der Waals surface area (Å²) in [6.07, 6.45) is 6.91. The average molecular weight is 274 g/mol. The number of nitrogens with one attached hydrogen (secondary N) is 1. The summed E-state index contributed by atoms with van der Waals surface area (Å²) in [4.78, 5) is 4.53. The van der Waals surface area contributed by atoms with E-state index < -0.39 is 0 Å². The highest BCUT2D eigenvalue weighted by Gasteiger charge is 2.31. The summed E-state index contributed by atoms with van der Waals surface area (Å²) >= 11 is 0. The molecule has 1 fully saturated rings. The molecular formula is C18H30N2. The second-order valence-corrected chi connectivity index (χ2v) is 6.34. The molecular weight excluding hydrogens is 244 g/mol. The van der Waals surface area contributed by atoms with Crippen LogP contribution < -0.4 is 5.32 Å². The lowest BCUT2D eigenvalue weighted by Crippen LogP contribution is -2.34. The summed E-state index contributed by atoms with van der Waals surface area (Å²) in [6.45, 7) is 9.83. The Kier molecular flexibility index (Phi) is 5.59. The molecule has 1 aromatic heterocycles. The van der Waals surface area contributed by atoms with E-state index in [1.54, 1.807) is 0 Å². The molecule has 3 unspecified atom stereocenters. The number of aryl methyl sites for hydroxylation is 2. The number of aromatic nitrogens is 1. The topological polar surface area (TPSA) is 24.9 Å². The fraction of sp³-hybridized carbons (Fsp3) is 0.722. The predicted molar refractivity (Wildman–Crippen MR) is 85.9 cm³/mol. The van der Waals surface area contributed by atoms with Gasteiger partial charge in [0, 0.05) is 17.4 Å². The quantitative estimate of drug-likeness (QED) is 0.851. The molecule has 2 nitrogen and oxygen atoms in total. The van der Waals surface area contributed by atoms with Crippen LogP contribution in [0.25, 0.3) is 0 Å². The van der Waals surface area contributed by atoms with Crippen LogP contribution in [0.2, 0.25) is 0 Å². The Hall–Kier alpha value is -0.890. The Labute approximate surface area is 124 Å². The van der Waals surface area contributed by atoms with Gasteiger partial charge < -0.3 is 5.32 Å². The molecule has 112 valence electrons. The minimum atomic E-state index is 0.505. The molecule has 1 aromatic rings. The van der Waals surface area contributed by atoms with Gasteiger partial charge in [0.2, 0.25) is 0 Å². The minimum absolute atomic E-state index is 0.505. The van der Waals surface area contributed by atoms with Crippen molar-refractivity contribution >= 4 is 0 Å². The first-order valence-electron chi connectivity index (χ1n) is 8.34. The second kappa shape index (κ2) is 7.21. The Bertz CT molecular complexity index is 407. The number of nitrogens with zero attached hydrogens (tertiary/aromatic N) is 1. The minimum Gasteiger partial charge on any atom is -0.310 e. The van der Waals surface area contributed by atoms with Crippen LogP contribution in [0.3, 0.4) is 0 Å². The van der Waals surface area contributed by atoms with E-state index in [-0.39, 0.29) is 0 Å². The van der Waals surface area contributed by atoms with Crippen molar-refractivity contribution in [1.82, 2.24) is 10.3 Å². The largest absolute Gasteiger partial charge is 0.310 e. The Morgan fingerprint density at radius 3 is 2.40 bits per heavy atom. The zero-order valence-electron chi connectivity index (χ0n) is 13.6. The SMILES string of the molecule is CCNC(c1cc(C)nc(C)c1)C1CCCCC1CC. The highest BCUT2D eigenvalue weighted by molar-refractivity contribution is 5.24. The molecule has 0 bridgehead atoms. The molecule has 1 aliphatic rings. The van der Waals surface area contributed by atoms with Gasteiger partial charge in [0.05, 0.1) is 0 Å². The Morgan fingerprint density at radius 2 is 1.80 bits per heavy atom. The molecule has 0 spiro atoms. The van der Waals surface area contributed by atoms with E-state index in [0.29, 0.717) is 6.04 Å². The summed E-state index contributed by atoms with van der Waals surface area (Å²) in [5, 5.41) is 3.76. The lowest BCUT2D eigenvalue weighted by molar-refractivity contribution is 0.176. The highest BCUT2D eigenvalue weighted by Crippen LogP contribution is 2.40. The first kappa shape index (κ1) is 15.5. The molecule has 2 rings (SSSR count). The van der Waals surface area contributed by atoms with Crippen molar-refractivity contribution < 1.29 is 0 Å². The molecule has 0 amide bonds. The van der Waals surface area contributed by atoms with Gasteiger partial charge in [-0.15, -0.1) is 0 Å². The van der Waals surface area contributed by atoms with Crippen molar-refractivity contribution in [3.05, 3.63) is 29.1 Å². The number of pyridine rings is 1. The summed E-state index contributed by atoms with van der Waals surface area (Å²) < 4.78 is 0. The van der Waals surface area contributed by atoms with Crippen molar-refractivity contribution in [2.24, 2.45) is 11.8 Å². The first-order chi connectivity index (χ1) is 9.65. The third kappa shape index (κ3) is 3.60. The zero-order valence-corrected chi connectivity index (χ0v) is 13.6. The van der Waals surface area contributed by atoms with Crippen molar-refractivity contribution in [1.29, 1.82) is 0 Å². The van der Waals surface area contributed by atoms with E-state index in [1.165, 1.54) is 37.7 Å². The summed E-state index contributed by atoms with van der Waals surface area (Å²) in [7, 11) is 0. The Balaban J connectivity index is 2.28. The van der Waals surface area contributed by atoms with Crippen molar-refractivity contribution in [3.8, 4) is 0 Å². The maximum Gasteiger partial charge on any atom is 0.0379 e. The second-order valence-electron chi connectivity index (χ2n) is 6.34. The van der Waals surface area contributed by atoms with Gasteiger partial charge in [-0.2, -0.15) is 0 Å². The fourth-order valence-corrected chi connectivity index (χ4v) is 3.96. The average Bonchev–Trinajstić information content (AvgIpc) is 2.43. The Morgan fingerprint density at radius 1 is 1.15 bits per heavy atom. The van der Waals surface area contributed by atoms with Gasteiger partial charge >= 0.3 is 0 Å². The monoisotopic (exact) mass is 274 g/mol. The van der Waals surface area contributed by atoms with Gasteiger partial charge in [0.15, 0.2) is 0 Å². The predicted octanol–water partition coefficient (Wildman–Crippen LogP) is 4.57. The molecule has 0 aromatic carbocycles. The van der Waals surface area contributed by atoms with Crippen LogP contribution in [0.5, 0.6) is 0 Å². The number of hydrogen-bond acceptors (Lipinski definition) is 2. The molecule has 0 radical (unpaired) electrons. The van der Waals surface area contributed by atoms with E-state index in [1.807, 2.05) is 0 Å². The fourth-order valence-electron chi connectivity index (χ4n) is 3.96. The van der Waals surface area contributed by atoms with Crippen LogP contribution in [0.15, 0.2) is 12.1 Å². The van der Waals surface area contributed by atoms with E-state index in [4.69, 9.17) is 0 Å². The third-order valence-electron chi connectivity index (χ3n) is 4.81. The molecule has 1 saturated carbocycles. The van der Waals surface area contributed by atoms with Gasteiger partial charge in [0.1, 0.15) is 0 Å². The lowest BCUT2D eigenvalue weighted by Gasteiger charge is -2.37. The van der Waals surface area contributed by atoms with Crippen LogP contribution in [0.1, 0.15) is 68.9 Å². The van der Waals surface area contributed by atoms with Crippen LogP contribution >= 0.6 is 0 Å². The number of hydrogen-bond donors (Lipinski definition) is 1. The molecule has 1 N–H and O–H groups in total. The number of rotatable bonds is 5. The third-order valence-corrected chi connectivity index (χ3v) is 4.81. The molecule has 20 heavy (non-hydrogen) atoms. The van der Waals surface area contributed by atoms with Crippen LogP contribution in [0.4, 0.5) is 0 Å². The summed E-state index contributed by atoms with van der Waals surface area (Å²) in [5.74, 6) is 1.66. The molecule has 0 aliphatic heterocycles. The maximum atomic E-state index is 4.53. The first-order valence-corrected chi connectivity index (χ1v) is 8.34. The van der Waals surface area contributed by atoms with Gasteiger partial charge in [-0.1, -0.05) is 39.5 Å². The highest BCUT2D eigenvalue weighted by atomic mass is 14.9. The van der Waals surface area contributed by atoms with E-state index in [0.717, 1.165) is 29.8 Å². The molecule has 2 heteroatoms. The summed E-state index contributed by atoms with van der Waals surface area (Å²) in [5.41, 5.74) is 3.74. The zero-order chi connectivity index (χ0) is 14.5. The van der Waals surface area contributed by atoms with E-state index in [2.05, 4.69) is 50.1 Å². The molecule has 3 atom stereocenters. The standard InChI is InChI=1S/C18H30N2/c1-5-15-9-7-8-10-17(15)18(19-6-2)16-11-13(3)20-14(4)12-16/h11-12,15,17-19H,5-10H2,1-4H3. The normalized spacial score (nSPS) is 24.6. The summed E-state index contributed by atoms with van der Waals surface area (Å²) in [6, 6.07) is 5.06. The smallest absolute Gasteiger partial charge is 0.0379 e. The lowest BCUT2D eigenvalue weighted by atomic mass is 9.72. The molecule has 0 saturated heterocycles. The van der Waals surface area contributed by atoms with Crippen LogP contribution in [-0.4, -0.2) is 11.5 Å². The van der Waals surface area contributed by atoms with Gasteiger partial charge in [-0.3, -0.25) is 4.98 Å². The molecule has 1 aliphatic carbocycles. The molecule has 1 heterocycles. The van der Waals surface area contributed by atoms with Gasteiger partial charge in [-0.25, -0.2) is 0 Å². The van der Waals surface area contributed by atoms with Gasteiger partial charge in [-0.05, 0) is 56.3 Å². The van der Waals surface area contributed by atoms with Gasteiger partial charge in [0.25, 0.3) is 0 Å². The maximum absolute atomic E-state index is 4.53. The van der Waals surface area contributed by atoms with E-state index >= 15 is 0 Å². The van der Waals surface area contributed by atoms with Crippen molar-refractivity contribution in [2.45, 2.75) is 65.8 Å².